The van der Waals surface area contributed by atoms with E-state index in [9.17, 15) is 0 Å². The molecule has 0 aliphatic carbocycles. The zero-order valence-corrected chi connectivity index (χ0v) is 14.1. The summed E-state index contributed by atoms with van der Waals surface area (Å²) in [5, 5.41) is 4.38. The van der Waals surface area contributed by atoms with Gasteiger partial charge in [-0.25, -0.2) is 0 Å². The summed E-state index contributed by atoms with van der Waals surface area (Å²) in [6, 6.07) is 0.0595. The maximum Gasteiger partial charge on any atom is 0.0710 e. The Kier molecular flexibility index (Phi) is 7.12. The van der Waals surface area contributed by atoms with Crippen molar-refractivity contribution in [3.8, 4) is 0 Å². The molecule has 0 saturated carbocycles. The number of halogens is 1. The summed E-state index contributed by atoms with van der Waals surface area (Å²) < 4.78 is 13.8. The van der Waals surface area contributed by atoms with Gasteiger partial charge in [0.25, 0.3) is 0 Å². The Bertz CT molecular complexity index is 421. The Labute approximate surface area is 134 Å². The second kappa shape index (κ2) is 8.85. The first-order chi connectivity index (χ1) is 10.3. The van der Waals surface area contributed by atoms with Crippen molar-refractivity contribution >= 4 is 15.9 Å². The molecule has 1 aliphatic rings. The van der Waals surface area contributed by atoms with Crippen molar-refractivity contribution in [3.05, 3.63) is 16.4 Å². The molecule has 120 valence electrons. The molecular formula is C14H25BrN4O2. The Hall–Kier alpha value is -0.470. The van der Waals surface area contributed by atoms with Gasteiger partial charge < -0.3 is 9.47 Å². The van der Waals surface area contributed by atoms with Crippen molar-refractivity contribution < 1.29 is 9.47 Å². The van der Waals surface area contributed by atoms with E-state index in [0.717, 1.165) is 42.6 Å². The molecule has 1 fully saturated rings. The number of ether oxygens (including phenoxy) is 2. The molecule has 1 aromatic rings. The summed E-state index contributed by atoms with van der Waals surface area (Å²) in [6.07, 6.45) is 7.72. The number of nitrogens with zero attached hydrogens (tertiary/aromatic N) is 2. The average molecular weight is 361 g/mol. The Morgan fingerprint density at radius 1 is 1.62 bits per heavy atom. The van der Waals surface area contributed by atoms with Crippen LogP contribution in [0.25, 0.3) is 0 Å². The summed E-state index contributed by atoms with van der Waals surface area (Å²) in [4.78, 5) is 0. The van der Waals surface area contributed by atoms with Crippen molar-refractivity contribution in [2.45, 2.75) is 50.8 Å². The first-order valence-corrected chi connectivity index (χ1v) is 8.33. The molecule has 0 bridgehead atoms. The van der Waals surface area contributed by atoms with Crippen LogP contribution in [0.3, 0.4) is 0 Å². The van der Waals surface area contributed by atoms with Crippen LogP contribution < -0.4 is 11.3 Å². The maximum absolute atomic E-state index is 5.79. The van der Waals surface area contributed by atoms with E-state index in [0.29, 0.717) is 12.7 Å². The predicted molar refractivity (Wildman–Crippen MR) is 84.7 cm³/mol. The van der Waals surface area contributed by atoms with Gasteiger partial charge in [0.2, 0.25) is 0 Å². The molecule has 1 aliphatic heterocycles. The van der Waals surface area contributed by atoms with Crippen molar-refractivity contribution in [2.24, 2.45) is 5.84 Å². The van der Waals surface area contributed by atoms with E-state index in [4.69, 9.17) is 15.3 Å². The molecular weight excluding hydrogens is 336 g/mol. The molecule has 2 unspecified atom stereocenters. The lowest BCUT2D eigenvalue weighted by Gasteiger charge is -2.25. The van der Waals surface area contributed by atoms with Gasteiger partial charge in [0.1, 0.15) is 0 Å². The highest BCUT2D eigenvalue weighted by molar-refractivity contribution is 9.10. The number of methoxy groups -OCH3 is 1. The highest BCUT2D eigenvalue weighted by atomic mass is 79.9. The fourth-order valence-corrected chi connectivity index (χ4v) is 3.33. The summed E-state index contributed by atoms with van der Waals surface area (Å²) in [5.74, 6) is 5.76. The molecule has 0 amide bonds. The van der Waals surface area contributed by atoms with Gasteiger partial charge in [0.15, 0.2) is 0 Å². The second-order valence-corrected chi connectivity index (χ2v) is 6.23. The van der Waals surface area contributed by atoms with E-state index < -0.39 is 0 Å². The van der Waals surface area contributed by atoms with Crippen LogP contribution in [-0.2, 0) is 16.0 Å². The van der Waals surface area contributed by atoms with Gasteiger partial charge in [-0.1, -0.05) is 0 Å². The van der Waals surface area contributed by atoms with Crippen LogP contribution in [0, 0.1) is 0 Å². The fourth-order valence-electron chi connectivity index (χ4n) is 2.76. The lowest BCUT2D eigenvalue weighted by Crippen LogP contribution is -2.32. The van der Waals surface area contributed by atoms with Crippen LogP contribution >= 0.6 is 15.9 Å². The van der Waals surface area contributed by atoms with Crippen LogP contribution in [0.2, 0.25) is 0 Å². The average Bonchev–Trinajstić information content (AvgIpc) is 2.88. The number of hydrogen-bond acceptors (Lipinski definition) is 5. The third-order valence-corrected chi connectivity index (χ3v) is 4.53. The molecule has 6 nitrogen and oxygen atoms in total. The molecule has 0 aromatic carbocycles. The Morgan fingerprint density at radius 2 is 2.48 bits per heavy atom. The second-order valence-electron chi connectivity index (χ2n) is 5.38. The molecule has 0 spiro atoms. The van der Waals surface area contributed by atoms with Crippen LogP contribution in [0.15, 0.2) is 10.7 Å². The first-order valence-electron chi connectivity index (χ1n) is 7.54. The van der Waals surface area contributed by atoms with Crippen LogP contribution in [0.4, 0.5) is 0 Å². The van der Waals surface area contributed by atoms with E-state index in [1.807, 2.05) is 10.9 Å². The van der Waals surface area contributed by atoms with Crippen LogP contribution in [-0.4, -0.2) is 36.2 Å². The zero-order valence-electron chi connectivity index (χ0n) is 12.6. The normalized spacial score (nSPS) is 20.6. The Balaban J connectivity index is 1.97. The molecule has 2 heterocycles. The smallest absolute Gasteiger partial charge is 0.0710 e. The van der Waals surface area contributed by atoms with Gasteiger partial charge in [0.05, 0.1) is 41.7 Å². The third-order valence-electron chi connectivity index (χ3n) is 3.92. The topological polar surface area (TPSA) is 74.3 Å². The Morgan fingerprint density at radius 3 is 3.14 bits per heavy atom. The van der Waals surface area contributed by atoms with Crippen molar-refractivity contribution in [2.75, 3.05) is 20.3 Å². The number of hydrazine groups is 1. The van der Waals surface area contributed by atoms with E-state index in [-0.39, 0.29) is 6.04 Å². The van der Waals surface area contributed by atoms with Gasteiger partial charge in [-0.15, -0.1) is 0 Å². The van der Waals surface area contributed by atoms with Crippen LogP contribution in [0.5, 0.6) is 0 Å². The van der Waals surface area contributed by atoms with Gasteiger partial charge in [-0.3, -0.25) is 16.0 Å². The van der Waals surface area contributed by atoms with Gasteiger partial charge in [0, 0.05) is 13.7 Å². The number of nitrogens with one attached hydrogen (secondary N) is 1. The standard InChI is InChI=1S/C14H25BrN4O2/c1-20-9-7-19-14(12(15)10-17-19)13(18-16)6-5-11-4-2-3-8-21-11/h10-11,13,18H,2-9,16H2,1H3. The SMILES string of the molecule is COCCn1ncc(Br)c1C(CCC1CCCCO1)NN. The number of hydrogen-bond donors (Lipinski definition) is 2. The fraction of sp³-hybridized carbons (Fsp3) is 0.786. The minimum Gasteiger partial charge on any atom is -0.383 e. The van der Waals surface area contributed by atoms with Gasteiger partial charge in [-0.05, 0) is 48.0 Å². The molecule has 2 rings (SSSR count). The summed E-state index contributed by atoms with van der Waals surface area (Å²) in [6.45, 7) is 2.24. The summed E-state index contributed by atoms with van der Waals surface area (Å²) in [5.41, 5.74) is 3.99. The molecule has 0 radical (unpaired) electrons. The first kappa shape index (κ1) is 16.9. The van der Waals surface area contributed by atoms with E-state index in [1.54, 1.807) is 7.11 Å². The highest BCUT2D eigenvalue weighted by Gasteiger charge is 2.22. The van der Waals surface area contributed by atoms with Crippen molar-refractivity contribution in [3.63, 3.8) is 0 Å². The minimum absolute atomic E-state index is 0.0595. The minimum atomic E-state index is 0.0595. The lowest BCUT2D eigenvalue weighted by molar-refractivity contribution is 0.00837. The number of nitrogens with two attached hydrogens (primary N) is 1. The maximum atomic E-state index is 5.79. The van der Waals surface area contributed by atoms with E-state index in [2.05, 4.69) is 26.5 Å². The third kappa shape index (κ3) is 4.75. The van der Waals surface area contributed by atoms with E-state index in [1.165, 1.54) is 12.8 Å². The van der Waals surface area contributed by atoms with Gasteiger partial charge >= 0.3 is 0 Å². The monoisotopic (exact) mass is 360 g/mol. The number of aromatic nitrogens is 2. The summed E-state index contributed by atoms with van der Waals surface area (Å²) in [7, 11) is 1.69. The zero-order chi connectivity index (χ0) is 15.1. The van der Waals surface area contributed by atoms with Crippen molar-refractivity contribution in [1.29, 1.82) is 0 Å². The summed E-state index contributed by atoms with van der Waals surface area (Å²) >= 11 is 3.57. The largest absolute Gasteiger partial charge is 0.383 e. The molecule has 3 N–H and O–H groups in total. The quantitative estimate of drug-likeness (QED) is 0.548. The molecule has 1 saturated heterocycles. The van der Waals surface area contributed by atoms with Gasteiger partial charge in [-0.2, -0.15) is 5.10 Å². The lowest BCUT2D eigenvalue weighted by atomic mass is 10.0. The highest BCUT2D eigenvalue weighted by Crippen LogP contribution is 2.28. The predicted octanol–water partition coefficient (Wildman–Crippen LogP) is 2.15. The number of rotatable bonds is 8. The van der Waals surface area contributed by atoms with E-state index >= 15 is 0 Å². The van der Waals surface area contributed by atoms with Crippen LogP contribution in [0.1, 0.15) is 43.8 Å². The molecule has 21 heavy (non-hydrogen) atoms. The molecule has 1 aromatic heterocycles. The molecule has 7 heteroatoms. The molecule has 2 atom stereocenters. The van der Waals surface area contributed by atoms with Crippen molar-refractivity contribution in [1.82, 2.24) is 15.2 Å².